The Labute approximate surface area is 103 Å². The topological polar surface area (TPSA) is 75.5 Å². The molecule has 1 aliphatic rings. The van der Waals surface area contributed by atoms with E-state index in [1.54, 1.807) is 28.9 Å². The molecule has 0 spiro atoms. The second-order valence-corrected chi connectivity index (χ2v) is 4.67. The number of carbonyl (C=O) groups is 1. The normalized spacial score (nSPS) is 20.1. The third-order valence-electron chi connectivity index (χ3n) is 2.50. The molecule has 0 radical (unpaired) electrons. The molecule has 0 bridgehead atoms. The summed E-state index contributed by atoms with van der Waals surface area (Å²) < 4.78 is 5.01. The lowest BCUT2D eigenvalue weighted by atomic mass is 10.3. The Balaban J connectivity index is 2.26. The third-order valence-corrected chi connectivity index (χ3v) is 3.52. The van der Waals surface area contributed by atoms with Crippen LogP contribution in [0.3, 0.4) is 0 Å². The lowest BCUT2D eigenvalue weighted by Crippen LogP contribution is -2.48. The van der Waals surface area contributed by atoms with Gasteiger partial charge in [-0.3, -0.25) is 0 Å². The third kappa shape index (κ3) is 2.60. The van der Waals surface area contributed by atoms with Crippen molar-refractivity contribution in [3.8, 4) is 5.88 Å². The van der Waals surface area contributed by atoms with Crippen molar-refractivity contribution in [3.63, 3.8) is 0 Å². The first-order valence-corrected chi connectivity index (χ1v) is 6.32. The molecule has 0 saturated carbocycles. The van der Waals surface area contributed by atoms with Crippen LogP contribution in [0.15, 0.2) is 12.3 Å². The number of hydrogen-bond acceptors (Lipinski definition) is 6. The zero-order valence-electron chi connectivity index (χ0n) is 9.37. The molecule has 1 N–H and O–H groups in total. The Hall–Kier alpha value is -1.50. The molecule has 7 heteroatoms. The predicted octanol–water partition coefficient (Wildman–Crippen LogP) is 0.492. The summed E-state index contributed by atoms with van der Waals surface area (Å²) in [6.45, 7) is 0.634. The number of aliphatic carboxylic acids is 1. The second-order valence-electron chi connectivity index (χ2n) is 3.52. The lowest BCUT2D eigenvalue weighted by molar-refractivity contribution is -0.138. The fourth-order valence-corrected chi connectivity index (χ4v) is 2.67. The van der Waals surface area contributed by atoms with Crippen LogP contribution in [0.25, 0.3) is 0 Å². The number of rotatable bonds is 3. The fourth-order valence-electron chi connectivity index (χ4n) is 1.63. The van der Waals surface area contributed by atoms with Crippen LogP contribution >= 0.6 is 11.8 Å². The highest BCUT2D eigenvalue weighted by molar-refractivity contribution is 7.99. The molecule has 2 rings (SSSR count). The summed E-state index contributed by atoms with van der Waals surface area (Å²) >= 11 is 1.63. The van der Waals surface area contributed by atoms with Crippen LogP contribution in [0, 0.1) is 0 Å². The van der Waals surface area contributed by atoms with Gasteiger partial charge in [-0.05, 0) is 0 Å². The number of ether oxygens (including phenoxy) is 1. The number of nitrogens with zero attached hydrogens (tertiary/aromatic N) is 3. The Kier molecular flexibility index (Phi) is 3.68. The molecule has 1 saturated heterocycles. The van der Waals surface area contributed by atoms with Crippen molar-refractivity contribution < 1.29 is 14.6 Å². The highest BCUT2D eigenvalue weighted by Gasteiger charge is 2.30. The van der Waals surface area contributed by atoms with Gasteiger partial charge < -0.3 is 14.7 Å². The van der Waals surface area contributed by atoms with E-state index in [1.807, 2.05) is 0 Å². The molecule has 1 aromatic heterocycles. The minimum Gasteiger partial charge on any atom is -0.481 e. The van der Waals surface area contributed by atoms with Crippen LogP contribution in [-0.4, -0.2) is 52.2 Å². The maximum absolute atomic E-state index is 11.2. The van der Waals surface area contributed by atoms with Gasteiger partial charge in [-0.25, -0.2) is 9.78 Å². The van der Waals surface area contributed by atoms with Gasteiger partial charge in [0.25, 0.3) is 0 Å². The number of methoxy groups -OCH3 is 1. The first-order valence-electron chi connectivity index (χ1n) is 5.16. The summed E-state index contributed by atoms with van der Waals surface area (Å²) in [5, 5.41) is 9.15. The molecule has 2 heterocycles. The van der Waals surface area contributed by atoms with Gasteiger partial charge in [0.15, 0.2) is 0 Å². The second kappa shape index (κ2) is 5.22. The van der Waals surface area contributed by atoms with Crippen LogP contribution in [0.5, 0.6) is 5.88 Å². The minimum atomic E-state index is -0.844. The van der Waals surface area contributed by atoms with E-state index in [4.69, 9.17) is 9.84 Å². The maximum atomic E-state index is 11.2. The van der Waals surface area contributed by atoms with E-state index in [2.05, 4.69) is 9.97 Å². The molecule has 0 amide bonds. The molecule has 92 valence electrons. The molecule has 0 aromatic carbocycles. The molecule has 0 aliphatic carbocycles. The van der Waals surface area contributed by atoms with Crippen LogP contribution < -0.4 is 9.64 Å². The molecule has 1 unspecified atom stereocenters. The van der Waals surface area contributed by atoms with Gasteiger partial charge in [0.1, 0.15) is 6.04 Å². The van der Waals surface area contributed by atoms with Crippen molar-refractivity contribution in [2.75, 3.05) is 30.1 Å². The molecule has 1 fully saturated rings. The van der Waals surface area contributed by atoms with Gasteiger partial charge in [0.05, 0.1) is 7.11 Å². The molecule has 17 heavy (non-hydrogen) atoms. The summed E-state index contributed by atoms with van der Waals surface area (Å²) in [6.07, 6.45) is 1.57. The van der Waals surface area contributed by atoms with Gasteiger partial charge in [0.2, 0.25) is 11.8 Å². The van der Waals surface area contributed by atoms with Crippen molar-refractivity contribution in [1.82, 2.24) is 9.97 Å². The Morgan fingerprint density at radius 2 is 2.53 bits per heavy atom. The quantitative estimate of drug-likeness (QED) is 0.842. The Morgan fingerprint density at radius 1 is 1.71 bits per heavy atom. The fraction of sp³-hybridized carbons (Fsp3) is 0.500. The molecule has 1 atom stereocenters. The number of anilines is 1. The maximum Gasteiger partial charge on any atom is 0.327 e. The largest absolute Gasteiger partial charge is 0.481 e. The molecule has 1 aromatic rings. The number of carboxylic acid groups (broad SMARTS) is 1. The monoisotopic (exact) mass is 255 g/mol. The van der Waals surface area contributed by atoms with E-state index in [0.717, 1.165) is 5.75 Å². The van der Waals surface area contributed by atoms with Crippen molar-refractivity contribution in [2.45, 2.75) is 6.04 Å². The minimum absolute atomic E-state index is 0.414. The number of carboxylic acids is 1. The average Bonchev–Trinajstić information content (AvgIpc) is 2.39. The lowest BCUT2D eigenvalue weighted by Gasteiger charge is -2.32. The van der Waals surface area contributed by atoms with E-state index >= 15 is 0 Å². The van der Waals surface area contributed by atoms with Gasteiger partial charge >= 0.3 is 5.97 Å². The number of hydrogen-bond donors (Lipinski definition) is 1. The summed E-state index contributed by atoms with van der Waals surface area (Å²) in [4.78, 5) is 21.1. The zero-order chi connectivity index (χ0) is 12.3. The highest BCUT2D eigenvalue weighted by atomic mass is 32.2. The SMILES string of the molecule is COc1ccnc(N2CCSCC2C(=O)O)n1. The average molecular weight is 255 g/mol. The number of thioether (sulfide) groups is 1. The van der Waals surface area contributed by atoms with Crippen molar-refractivity contribution in [3.05, 3.63) is 12.3 Å². The van der Waals surface area contributed by atoms with Crippen LogP contribution in [-0.2, 0) is 4.79 Å². The molecule has 1 aliphatic heterocycles. The van der Waals surface area contributed by atoms with Crippen LogP contribution in [0.1, 0.15) is 0 Å². The van der Waals surface area contributed by atoms with Crippen LogP contribution in [0.4, 0.5) is 5.95 Å². The zero-order valence-corrected chi connectivity index (χ0v) is 10.2. The molecule has 6 nitrogen and oxygen atoms in total. The Bertz CT molecular complexity index is 416. The van der Waals surface area contributed by atoms with E-state index in [9.17, 15) is 4.79 Å². The van der Waals surface area contributed by atoms with Crippen molar-refractivity contribution >= 4 is 23.7 Å². The summed E-state index contributed by atoms with van der Waals surface area (Å²) in [5.41, 5.74) is 0. The van der Waals surface area contributed by atoms with Crippen molar-refractivity contribution in [1.29, 1.82) is 0 Å². The van der Waals surface area contributed by atoms with Crippen molar-refractivity contribution in [2.24, 2.45) is 0 Å². The van der Waals surface area contributed by atoms with Gasteiger partial charge in [0, 0.05) is 30.3 Å². The summed E-state index contributed by atoms with van der Waals surface area (Å²) in [6, 6.07) is 1.07. The first-order chi connectivity index (χ1) is 8.22. The van der Waals surface area contributed by atoms with E-state index in [-0.39, 0.29) is 0 Å². The van der Waals surface area contributed by atoms with Gasteiger partial charge in [-0.1, -0.05) is 0 Å². The predicted molar refractivity (Wildman–Crippen MR) is 64.7 cm³/mol. The summed E-state index contributed by atoms with van der Waals surface area (Å²) in [7, 11) is 1.52. The first kappa shape index (κ1) is 12.0. The van der Waals surface area contributed by atoms with Gasteiger partial charge in [-0.15, -0.1) is 0 Å². The number of aromatic nitrogens is 2. The summed E-state index contributed by atoms with van der Waals surface area (Å²) in [5.74, 6) is 1.44. The van der Waals surface area contributed by atoms with E-state index < -0.39 is 12.0 Å². The molecular formula is C10H13N3O3S. The highest BCUT2D eigenvalue weighted by Crippen LogP contribution is 2.22. The van der Waals surface area contributed by atoms with E-state index in [0.29, 0.717) is 24.1 Å². The smallest absolute Gasteiger partial charge is 0.327 e. The Morgan fingerprint density at radius 3 is 3.24 bits per heavy atom. The van der Waals surface area contributed by atoms with E-state index in [1.165, 1.54) is 7.11 Å². The standard InChI is InChI=1S/C10H13N3O3S/c1-16-8-2-3-11-10(12-8)13-4-5-17-6-7(13)9(14)15/h2-3,7H,4-6H2,1H3,(H,14,15). The molecular weight excluding hydrogens is 242 g/mol. The van der Waals surface area contributed by atoms with Crippen LogP contribution in [0.2, 0.25) is 0 Å². The van der Waals surface area contributed by atoms with Gasteiger partial charge in [-0.2, -0.15) is 16.7 Å².